The van der Waals surface area contributed by atoms with E-state index in [2.05, 4.69) is 9.97 Å². The molecule has 2 aliphatic rings. The van der Waals surface area contributed by atoms with E-state index < -0.39 is 25.9 Å². The van der Waals surface area contributed by atoms with Crippen molar-refractivity contribution in [2.24, 2.45) is 5.92 Å². The van der Waals surface area contributed by atoms with Crippen LogP contribution in [0.15, 0.2) is 17.2 Å². The standard InChI is InChI=1S/C17H25N2O7P/c1-3-25-27(23,26-4-2)9-24-16-12(7-13(20)15(16)21)10-5-6-11-14(10)18-8-19-17(11)22/h5,8,12-13,15-16,20-21H,3-4,6-7,9H2,1-2H3,(H,18,19,22)/t12-,13-,15+,16-/m0/s1. The van der Waals surface area contributed by atoms with Crippen molar-refractivity contribution in [3.05, 3.63) is 34.0 Å². The molecule has 1 saturated carbocycles. The highest BCUT2D eigenvalue weighted by Gasteiger charge is 2.46. The number of aliphatic hydroxyl groups is 2. The minimum atomic E-state index is -3.46. The number of hydrogen-bond acceptors (Lipinski definition) is 8. The zero-order chi connectivity index (χ0) is 19.6. The monoisotopic (exact) mass is 400 g/mol. The highest BCUT2D eigenvalue weighted by molar-refractivity contribution is 7.53. The predicted octanol–water partition coefficient (Wildman–Crippen LogP) is 1.06. The molecule has 1 aromatic rings. The van der Waals surface area contributed by atoms with Crippen LogP contribution in [0.25, 0.3) is 5.57 Å². The van der Waals surface area contributed by atoms with Gasteiger partial charge in [0, 0.05) is 11.5 Å². The van der Waals surface area contributed by atoms with E-state index >= 15 is 0 Å². The lowest BCUT2D eigenvalue weighted by Crippen LogP contribution is -2.34. The Morgan fingerprint density at radius 2 is 2.00 bits per heavy atom. The van der Waals surface area contributed by atoms with Gasteiger partial charge in [-0.2, -0.15) is 0 Å². The van der Waals surface area contributed by atoms with Crippen LogP contribution in [0.5, 0.6) is 0 Å². The number of H-pyrrole nitrogens is 1. The van der Waals surface area contributed by atoms with Gasteiger partial charge >= 0.3 is 7.60 Å². The summed E-state index contributed by atoms with van der Waals surface area (Å²) in [6.45, 7) is 3.80. The highest BCUT2D eigenvalue weighted by Crippen LogP contribution is 2.50. The molecule has 0 radical (unpaired) electrons. The Kier molecular flexibility index (Phi) is 6.30. The number of nitrogens with one attached hydrogen (secondary N) is 1. The summed E-state index contributed by atoms with van der Waals surface area (Å²) in [7, 11) is -3.46. The number of aromatic amines is 1. The number of ether oxygens (including phenoxy) is 1. The fourth-order valence-corrected chi connectivity index (χ4v) is 5.06. The number of rotatable bonds is 8. The van der Waals surface area contributed by atoms with Gasteiger partial charge in [-0.1, -0.05) is 6.08 Å². The molecule has 2 aliphatic carbocycles. The van der Waals surface area contributed by atoms with Crippen LogP contribution in [-0.2, 0) is 24.8 Å². The largest absolute Gasteiger partial charge is 0.390 e. The van der Waals surface area contributed by atoms with Gasteiger partial charge < -0.3 is 29.0 Å². The molecule has 0 saturated heterocycles. The predicted molar refractivity (Wildman–Crippen MR) is 97.3 cm³/mol. The van der Waals surface area contributed by atoms with Gasteiger partial charge in [0.05, 0.1) is 37.4 Å². The average molecular weight is 400 g/mol. The summed E-state index contributed by atoms with van der Waals surface area (Å²) in [6.07, 6.45) is 0.581. The number of allylic oxidation sites excluding steroid dienone is 1. The summed E-state index contributed by atoms with van der Waals surface area (Å²) in [5.41, 5.74) is 1.65. The summed E-state index contributed by atoms with van der Waals surface area (Å²) in [5, 5.41) is 20.5. The van der Waals surface area contributed by atoms with Crippen molar-refractivity contribution in [2.45, 2.75) is 45.0 Å². The van der Waals surface area contributed by atoms with Crippen molar-refractivity contribution in [2.75, 3.05) is 19.6 Å². The SMILES string of the molecule is CCOP(=O)(CO[C@@H]1[C@H](O)[C@@H](O)C[C@H]1C1=CCc2c1nc[nH]c2=O)OCC. The zero-order valence-electron chi connectivity index (χ0n) is 15.3. The van der Waals surface area contributed by atoms with E-state index in [9.17, 15) is 19.6 Å². The molecular weight excluding hydrogens is 375 g/mol. The average Bonchev–Trinajstić information content (AvgIpc) is 3.17. The molecule has 0 aromatic carbocycles. The smallest absolute Gasteiger partial charge is 0.356 e. The Morgan fingerprint density at radius 3 is 2.67 bits per heavy atom. The number of hydrogen-bond donors (Lipinski definition) is 3. The lowest BCUT2D eigenvalue weighted by molar-refractivity contribution is -0.0517. The van der Waals surface area contributed by atoms with Crippen LogP contribution in [0.1, 0.15) is 31.5 Å². The Hall–Kier alpha value is -1.35. The van der Waals surface area contributed by atoms with Crippen LogP contribution in [-0.4, -0.2) is 58.1 Å². The van der Waals surface area contributed by atoms with Gasteiger partial charge in [-0.3, -0.25) is 9.36 Å². The molecule has 0 spiro atoms. The van der Waals surface area contributed by atoms with Gasteiger partial charge in [-0.25, -0.2) is 4.98 Å². The summed E-state index contributed by atoms with van der Waals surface area (Å²) in [6, 6.07) is 0. The number of nitrogens with zero attached hydrogens (tertiary/aromatic N) is 1. The van der Waals surface area contributed by atoms with Crippen LogP contribution in [0.3, 0.4) is 0 Å². The van der Waals surface area contributed by atoms with Crippen molar-refractivity contribution in [1.82, 2.24) is 9.97 Å². The molecule has 0 unspecified atom stereocenters. The normalized spacial score (nSPS) is 27.6. The fourth-order valence-electron chi connectivity index (χ4n) is 3.69. The summed E-state index contributed by atoms with van der Waals surface area (Å²) >= 11 is 0. The molecule has 27 heavy (non-hydrogen) atoms. The molecule has 3 N–H and O–H groups in total. The molecule has 0 aliphatic heterocycles. The van der Waals surface area contributed by atoms with Gasteiger partial charge in [0.25, 0.3) is 5.56 Å². The van der Waals surface area contributed by atoms with Crippen LogP contribution in [0.4, 0.5) is 0 Å². The van der Waals surface area contributed by atoms with E-state index in [1.54, 1.807) is 13.8 Å². The summed E-state index contributed by atoms with van der Waals surface area (Å²) in [5.74, 6) is -0.387. The summed E-state index contributed by atoms with van der Waals surface area (Å²) < 4.78 is 28.8. The van der Waals surface area contributed by atoms with E-state index in [0.29, 0.717) is 17.7 Å². The maximum absolute atomic E-state index is 12.6. The zero-order valence-corrected chi connectivity index (χ0v) is 16.2. The van der Waals surface area contributed by atoms with Gasteiger partial charge in [0.15, 0.2) is 0 Å². The lowest BCUT2D eigenvalue weighted by Gasteiger charge is -2.26. The third kappa shape index (κ3) is 4.08. The van der Waals surface area contributed by atoms with Crippen LogP contribution in [0.2, 0.25) is 0 Å². The van der Waals surface area contributed by atoms with E-state index in [0.717, 1.165) is 5.57 Å². The van der Waals surface area contributed by atoms with Gasteiger partial charge in [0.2, 0.25) is 0 Å². The first-order valence-corrected chi connectivity index (χ1v) is 10.8. The van der Waals surface area contributed by atoms with Crippen LogP contribution < -0.4 is 5.56 Å². The van der Waals surface area contributed by atoms with E-state index in [1.165, 1.54) is 6.33 Å². The molecule has 1 heterocycles. The Bertz CT molecular complexity index is 799. The second-order valence-corrected chi connectivity index (χ2v) is 8.53. The van der Waals surface area contributed by atoms with Gasteiger partial charge in [-0.05, 0) is 32.3 Å². The number of aromatic nitrogens is 2. The first kappa shape index (κ1) is 20.4. The minimum absolute atomic E-state index is 0.200. The van der Waals surface area contributed by atoms with Crippen molar-refractivity contribution < 1.29 is 28.6 Å². The van der Waals surface area contributed by atoms with Gasteiger partial charge in [-0.15, -0.1) is 0 Å². The minimum Gasteiger partial charge on any atom is -0.390 e. The van der Waals surface area contributed by atoms with E-state index in [4.69, 9.17) is 13.8 Å². The Labute approximate surface area is 156 Å². The first-order valence-electron chi connectivity index (χ1n) is 9.03. The number of aliphatic hydroxyl groups excluding tert-OH is 2. The Morgan fingerprint density at radius 1 is 1.30 bits per heavy atom. The summed E-state index contributed by atoms with van der Waals surface area (Å²) in [4.78, 5) is 18.8. The van der Waals surface area contributed by atoms with Crippen molar-refractivity contribution >= 4 is 13.2 Å². The van der Waals surface area contributed by atoms with Crippen LogP contribution in [0, 0.1) is 5.92 Å². The van der Waals surface area contributed by atoms with E-state index in [1.807, 2.05) is 6.08 Å². The molecule has 0 bridgehead atoms. The molecule has 1 fully saturated rings. The quantitative estimate of drug-likeness (QED) is 0.552. The number of fused-ring (bicyclic) bond motifs is 1. The Balaban J connectivity index is 1.81. The maximum atomic E-state index is 12.6. The van der Waals surface area contributed by atoms with E-state index in [-0.39, 0.29) is 37.5 Å². The fraction of sp³-hybridized carbons (Fsp3) is 0.647. The molecule has 150 valence electrons. The first-order chi connectivity index (χ1) is 12.9. The topological polar surface area (TPSA) is 131 Å². The third-order valence-electron chi connectivity index (χ3n) is 4.85. The molecule has 4 atom stereocenters. The molecule has 0 amide bonds. The molecular formula is C17H25N2O7P. The molecule has 9 nitrogen and oxygen atoms in total. The second-order valence-electron chi connectivity index (χ2n) is 6.53. The van der Waals surface area contributed by atoms with Gasteiger partial charge in [0.1, 0.15) is 12.5 Å². The van der Waals surface area contributed by atoms with Crippen LogP contribution >= 0.6 is 7.60 Å². The van der Waals surface area contributed by atoms with Crippen molar-refractivity contribution in [1.29, 1.82) is 0 Å². The van der Waals surface area contributed by atoms with Crippen molar-refractivity contribution in [3.8, 4) is 0 Å². The molecule has 1 aromatic heterocycles. The second kappa shape index (κ2) is 8.34. The molecule has 3 rings (SSSR count). The third-order valence-corrected chi connectivity index (χ3v) is 6.62. The molecule has 10 heteroatoms. The lowest BCUT2D eigenvalue weighted by atomic mass is 9.93. The maximum Gasteiger partial charge on any atom is 0.356 e. The highest BCUT2D eigenvalue weighted by atomic mass is 31.2. The van der Waals surface area contributed by atoms with Crippen molar-refractivity contribution in [3.63, 3.8) is 0 Å².